The Hall–Kier alpha value is -3.88. The monoisotopic (exact) mass is 493 g/mol. The van der Waals surface area contributed by atoms with E-state index in [-0.39, 0.29) is 0 Å². The first kappa shape index (κ1) is 23.8. The Bertz CT molecular complexity index is 1510. The maximum atomic E-state index is 14.9. The van der Waals surface area contributed by atoms with Gasteiger partial charge in [0.2, 0.25) is 0 Å². The van der Waals surface area contributed by atoms with Crippen molar-refractivity contribution in [3.8, 4) is 22.6 Å². The van der Waals surface area contributed by atoms with E-state index < -0.39 is 7.14 Å². The van der Waals surface area contributed by atoms with E-state index in [4.69, 9.17) is 14.5 Å². The normalized spacial score (nSPS) is 11.4. The number of nitrogens with zero attached hydrogens (tertiary/aromatic N) is 1. The molecule has 180 valence electrons. The zero-order chi connectivity index (χ0) is 25.1. The van der Waals surface area contributed by atoms with Crippen LogP contribution in [0.1, 0.15) is 11.3 Å². The maximum absolute atomic E-state index is 14.9. The van der Waals surface area contributed by atoms with Crippen molar-refractivity contribution in [3.63, 3.8) is 0 Å². The summed E-state index contributed by atoms with van der Waals surface area (Å²) in [5.74, 6) is 1.26. The van der Waals surface area contributed by atoms with Crippen LogP contribution in [0.25, 0.3) is 22.0 Å². The molecule has 0 saturated carbocycles. The van der Waals surface area contributed by atoms with Gasteiger partial charge in [0.15, 0.2) is 11.5 Å². The Morgan fingerprint density at radius 3 is 1.83 bits per heavy atom. The predicted molar refractivity (Wildman–Crippen MR) is 148 cm³/mol. The summed E-state index contributed by atoms with van der Waals surface area (Å²) in [6.07, 6.45) is 0.300. The lowest BCUT2D eigenvalue weighted by molar-refractivity contribution is 0.356. The van der Waals surface area contributed by atoms with Crippen LogP contribution in [-0.4, -0.2) is 19.2 Å². The Kier molecular flexibility index (Phi) is 6.63. The average Bonchev–Trinajstić information content (AvgIpc) is 2.93. The van der Waals surface area contributed by atoms with Gasteiger partial charge >= 0.3 is 0 Å². The fraction of sp³-hybridized carbons (Fsp3) is 0.129. The first-order valence-electron chi connectivity index (χ1n) is 11.8. The number of methoxy groups -OCH3 is 2. The molecule has 0 amide bonds. The van der Waals surface area contributed by atoms with Crippen LogP contribution in [0.3, 0.4) is 0 Å². The highest BCUT2D eigenvalue weighted by Gasteiger charge is 2.30. The van der Waals surface area contributed by atoms with E-state index in [9.17, 15) is 4.57 Å². The van der Waals surface area contributed by atoms with E-state index in [0.717, 1.165) is 38.3 Å². The number of hydrogen-bond acceptors (Lipinski definition) is 4. The Morgan fingerprint density at radius 2 is 1.28 bits per heavy atom. The highest BCUT2D eigenvalue weighted by Crippen LogP contribution is 2.48. The number of pyridine rings is 1. The molecule has 0 unspecified atom stereocenters. The molecule has 36 heavy (non-hydrogen) atoms. The van der Waals surface area contributed by atoms with Gasteiger partial charge in [-0.25, -0.2) is 0 Å². The minimum absolute atomic E-state index is 0.300. The molecule has 0 aliphatic heterocycles. The number of fused-ring (bicyclic) bond motifs is 1. The number of aryl methyl sites for hydroxylation is 1. The fourth-order valence-corrected chi connectivity index (χ4v) is 7.16. The summed E-state index contributed by atoms with van der Waals surface area (Å²) in [6.45, 7) is 2.07. The van der Waals surface area contributed by atoms with Crippen LogP contribution < -0.4 is 20.1 Å². The van der Waals surface area contributed by atoms with Crippen LogP contribution in [0.2, 0.25) is 0 Å². The van der Waals surface area contributed by atoms with Gasteiger partial charge < -0.3 is 14.0 Å². The molecule has 4 aromatic carbocycles. The van der Waals surface area contributed by atoms with Crippen LogP contribution in [0.5, 0.6) is 11.5 Å². The molecular weight excluding hydrogens is 465 g/mol. The van der Waals surface area contributed by atoms with E-state index in [2.05, 4.69) is 37.3 Å². The van der Waals surface area contributed by atoms with E-state index in [1.807, 2.05) is 72.8 Å². The van der Waals surface area contributed by atoms with Gasteiger partial charge in [0.05, 0.1) is 31.6 Å². The Morgan fingerprint density at radius 1 is 0.722 bits per heavy atom. The number of hydrogen-bond donors (Lipinski definition) is 0. The molecule has 4 nitrogen and oxygen atoms in total. The topological polar surface area (TPSA) is 48.4 Å². The SMILES string of the molecule is COc1cc2cc(-c3ccc(C)cc3)c(CP(=O)(c3ccccc3)c3ccccc3)nc2cc1OC. The Balaban J connectivity index is 1.75. The van der Waals surface area contributed by atoms with Crippen LogP contribution in [-0.2, 0) is 10.7 Å². The molecule has 0 spiro atoms. The third-order valence-corrected chi connectivity index (χ3v) is 9.49. The van der Waals surface area contributed by atoms with Gasteiger partial charge in [0.25, 0.3) is 0 Å². The van der Waals surface area contributed by atoms with Gasteiger partial charge in [-0.3, -0.25) is 4.98 Å². The number of benzene rings is 4. The van der Waals surface area contributed by atoms with E-state index in [1.165, 1.54) is 5.56 Å². The molecule has 5 rings (SSSR count). The smallest absolute Gasteiger partial charge is 0.162 e. The molecule has 5 aromatic rings. The maximum Gasteiger partial charge on any atom is 0.162 e. The van der Waals surface area contributed by atoms with Gasteiger partial charge in [-0.1, -0.05) is 90.5 Å². The van der Waals surface area contributed by atoms with Crippen molar-refractivity contribution in [2.24, 2.45) is 0 Å². The summed E-state index contributed by atoms with van der Waals surface area (Å²) in [4.78, 5) is 5.09. The molecular formula is C31H28NO3P. The quantitative estimate of drug-likeness (QED) is 0.236. The lowest BCUT2D eigenvalue weighted by atomic mass is 10.0. The van der Waals surface area contributed by atoms with E-state index in [1.54, 1.807) is 14.2 Å². The van der Waals surface area contributed by atoms with E-state index in [0.29, 0.717) is 17.7 Å². The van der Waals surface area contributed by atoms with Gasteiger partial charge in [-0.2, -0.15) is 0 Å². The molecule has 0 aliphatic carbocycles. The van der Waals surface area contributed by atoms with E-state index >= 15 is 0 Å². The predicted octanol–water partition coefficient (Wildman–Crippen LogP) is 6.74. The second-order valence-electron chi connectivity index (χ2n) is 8.82. The summed E-state index contributed by atoms with van der Waals surface area (Å²) in [7, 11) is 0.209. The zero-order valence-corrected chi connectivity index (χ0v) is 21.5. The highest BCUT2D eigenvalue weighted by molar-refractivity contribution is 7.78. The summed E-state index contributed by atoms with van der Waals surface area (Å²) in [6, 6.07) is 33.8. The molecule has 0 bridgehead atoms. The second kappa shape index (κ2) is 10.0. The third-order valence-electron chi connectivity index (χ3n) is 6.48. The third kappa shape index (κ3) is 4.53. The van der Waals surface area contributed by atoms with Crippen LogP contribution in [0.4, 0.5) is 0 Å². The molecule has 0 fully saturated rings. The minimum atomic E-state index is -3.03. The van der Waals surface area contributed by atoms with Crippen molar-refractivity contribution in [3.05, 3.63) is 114 Å². The number of rotatable bonds is 7. The van der Waals surface area contributed by atoms with Crippen molar-refractivity contribution >= 4 is 28.7 Å². The Labute approximate surface area is 211 Å². The van der Waals surface area contributed by atoms with Crippen molar-refractivity contribution < 1.29 is 14.0 Å². The standard InChI is InChI=1S/C31H28NO3P/c1-22-14-16-23(17-15-22)27-18-24-19-30(34-2)31(35-3)20-28(24)32-29(27)21-36(33,25-10-6-4-7-11-25)26-12-8-5-9-13-26/h4-20H,21H2,1-3H3. The molecule has 1 aromatic heterocycles. The van der Waals surface area contributed by atoms with Crippen molar-refractivity contribution in [2.45, 2.75) is 13.1 Å². The van der Waals surface area contributed by atoms with Crippen LogP contribution in [0, 0.1) is 6.92 Å². The minimum Gasteiger partial charge on any atom is -0.493 e. The summed E-state index contributed by atoms with van der Waals surface area (Å²) in [5, 5.41) is 2.57. The largest absolute Gasteiger partial charge is 0.493 e. The molecule has 0 radical (unpaired) electrons. The first-order chi connectivity index (χ1) is 17.5. The summed E-state index contributed by atoms with van der Waals surface area (Å²) < 4.78 is 26.0. The second-order valence-corrected chi connectivity index (χ2v) is 11.6. The summed E-state index contributed by atoms with van der Waals surface area (Å²) >= 11 is 0. The zero-order valence-electron chi connectivity index (χ0n) is 20.6. The van der Waals surface area contributed by atoms with Crippen molar-refractivity contribution in [1.29, 1.82) is 0 Å². The van der Waals surface area contributed by atoms with Gasteiger partial charge in [0, 0.05) is 27.6 Å². The molecule has 0 N–H and O–H groups in total. The molecule has 5 heteroatoms. The fourth-order valence-electron chi connectivity index (χ4n) is 4.52. The van der Waals surface area contributed by atoms with Crippen LogP contribution in [0.15, 0.2) is 103 Å². The molecule has 0 atom stereocenters. The van der Waals surface area contributed by atoms with Crippen LogP contribution >= 0.6 is 7.14 Å². The average molecular weight is 494 g/mol. The lowest BCUT2D eigenvalue weighted by Gasteiger charge is -2.21. The molecule has 0 aliphatic rings. The summed E-state index contributed by atoms with van der Waals surface area (Å²) in [5.41, 5.74) is 4.73. The van der Waals surface area contributed by atoms with Crippen molar-refractivity contribution in [1.82, 2.24) is 4.98 Å². The number of aromatic nitrogens is 1. The van der Waals surface area contributed by atoms with Gasteiger partial charge in [-0.15, -0.1) is 0 Å². The molecule has 1 heterocycles. The van der Waals surface area contributed by atoms with Gasteiger partial charge in [-0.05, 0) is 24.6 Å². The highest BCUT2D eigenvalue weighted by atomic mass is 31.2. The van der Waals surface area contributed by atoms with Gasteiger partial charge in [0.1, 0.15) is 7.14 Å². The lowest BCUT2D eigenvalue weighted by Crippen LogP contribution is -2.18. The first-order valence-corrected chi connectivity index (χ1v) is 13.7. The van der Waals surface area contributed by atoms with Crippen molar-refractivity contribution in [2.75, 3.05) is 14.2 Å². The number of ether oxygens (including phenoxy) is 2. The molecule has 0 saturated heterocycles.